The number of carbonyl (C=O) groups is 1. The molecule has 0 bridgehead atoms. The van der Waals surface area contributed by atoms with Gasteiger partial charge >= 0.3 is 0 Å². The minimum Gasteiger partial charge on any atom is -0.330 e. The fourth-order valence-corrected chi connectivity index (χ4v) is 2.62. The van der Waals surface area contributed by atoms with Crippen LogP contribution in [0.25, 0.3) is 0 Å². The highest BCUT2D eigenvalue weighted by atomic mass is 16.1. The number of nitrogens with two attached hydrogens (primary N) is 1. The van der Waals surface area contributed by atoms with Crippen molar-refractivity contribution in [1.29, 1.82) is 0 Å². The van der Waals surface area contributed by atoms with Crippen molar-refractivity contribution in [3.8, 4) is 0 Å². The molecule has 0 aliphatic heterocycles. The standard InChI is InChI=1S/C14H27NO/c1-12(10-11-15)8-9-14(16)13-6-4-2-3-5-7-13/h12-13H,2-11,15H2,1H3. The van der Waals surface area contributed by atoms with Crippen LogP contribution in [0, 0.1) is 11.8 Å². The number of Topliss-reactive ketones (excluding diaryl/α,β-unsaturated/α-hetero) is 1. The quantitative estimate of drug-likeness (QED) is 0.705. The van der Waals surface area contributed by atoms with E-state index in [1.54, 1.807) is 0 Å². The molecule has 0 heterocycles. The van der Waals surface area contributed by atoms with Gasteiger partial charge in [0.15, 0.2) is 0 Å². The summed E-state index contributed by atoms with van der Waals surface area (Å²) in [6.07, 6.45) is 10.3. The normalized spacial score (nSPS) is 20.4. The van der Waals surface area contributed by atoms with Crippen molar-refractivity contribution < 1.29 is 4.79 Å². The smallest absolute Gasteiger partial charge is 0.135 e. The van der Waals surface area contributed by atoms with E-state index in [9.17, 15) is 4.79 Å². The molecule has 0 aromatic carbocycles. The van der Waals surface area contributed by atoms with Gasteiger partial charge in [-0.3, -0.25) is 4.79 Å². The van der Waals surface area contributed by atoms with Crippen molar-refractivity contribution in [3.05, 3.63) is 0 Å². The molecule has 1 atom stereocenters. The largest absolute Gasteiger partial charge is 0.330 e. The zero-order chi connectivity index (χ0) is 11.8. The molecule has 1 aliphatic rings. The van der Waals surface area contributed by atoms with Gasteiger partial charge in [0.1, 0.15) is 5.78 Å². The Bertz CT molecular complexity index is 195. The molecule has 1 saturated carbocycles. The van der Waals surface area contributed by atoms with Crippen LogP contribution < -0.4 is 5.73 Å². The van der Waals surface area contributed by atoms with Crippen molar-refractivity contribution in [3.63, 3.8) is 0 Å². The highest BCUT2D eigenvalue weighted by molar-refractivity contribution is 5.80. The van der Waals surface area contributed by atoms with Gasteiger partial charge in [-0.05, 0) is 38.1 Å². The number of ketones is 1. The monoisotopic (exact) mass is 225 g/mol. The van der Waals surface area contributed by atoms with Crippen molar-refractivity contribution in [1.82, 2.24) is 0 Å². The molecule has 0 radical (unpaired) electrons. The summed E-state index contributed by atoms with van der Waals surface area (Å²) in [6.45, 7) is 2.95. The number of hydrogen-bond acceptors (Lipinski definition) is 2. The molecule has 0 aromatic heterocycles. The molecular weight excluding hydrogens is 198 g/mol. The van der Waals surface area contributed by atoms with Crippen LogP contribution in [-0.4, -0.2) is 12.3 Å². The maximum absolute atomic E-state index is 12.0. The molecule has 1 unspecified atom stereocenters. The van der Waals surface area contributed by atoms with Gasteiger partial charge in [-0.15, -0.1) is 0 Å². The predicted molar refractivity (Wildman–Crippen MR) is 68.3 cm³/mol. The first-order valence-electron chi connectivity index (χ1n) is 6.96. The summed E-state index contributed by atoms with van der Waals surface area (Å²) in [5, 5.41) is 0. The Morgan fingerprint density at radius 1 is 1.19 bits per heavy atom. The number of rotatable bonds is 6. The first-order valence-corrected chi connectivity index (χ1v) is 6.96. The third-order valence-corrected chi connectivity index (χ3v) is 3.85. The molecule has 0 spiro atoms. The summed E-state index contributed by atoms with van der Waals surface area (Å²) >= 11 is 0. The molecule has 94 valence electrons. The van der Waals surface area contributed by atoms with Crippen LogP contribution in [0.5, 0.6) is 0 Å². The molecule has 1 rings (SSSR count). The Morgan fingerprint density at radius 3 is 2.38 bits per heavy atom. The fraction of sp³-hybridized carbons (Fsp3) is 0.929. The molecule has 0 saturated heterocycles. The Kier molecular flexibility index (Phi) is 6.70. The van der Waals surface area contributed by atoms with E-state index in [0.29, 0.717) is 17.6 Å². The summed E-state index contributed by atoms with van der Waals surface area (Å²) in [5.41, 5.74) is 5.51. The molecule has 2 nitrogen and oxygen atoms in total. The van der Waals surface area contributed by atoms with Gasteiger partial charge in [0, 0.05) is 12.3 Å². The average Bonchev–Trinajstić information content (AvgIpc) is 2.55. The molecule has 0 amide bonds. The van der Waals surface area contributed by atoms with E-state index in [-0.39, 0.29) is 0 Å². The number of hydrogen-bond donors (Lipinski definition) is 1. The molecule has 1 aliphatic carbocycles. The summed E-state index contributed by atoms with van der Waals surface area (Å²) in [4.78, 5) is 12.0. The zero-order valence-electron chi connectivity index (χ0n) is 10.7. The Balaban J connectivity index is 2.22. The lowest BCUT2D eigenvalue weighted by Gasteiger charge is -2.14. The highest BCUT2D eigenvalue weighted by Gasteiger charge is 2.19. The van der Waals surface area contributed by atoms with Crippen LogP contribution in [0.4, 0.5) is 0 Å². The van der Waals surface area contributed by atoms with Crippen molar-refractivity contribution in [2.75, 3.05) is 6.54 Å². The maximum Gasteiger partial charge on any atom is 0.135 e. The lowest BCUT2D eigenvalue weighted by molar-refractivity contribution is -0.123. The van der Waals surface area contributed by atoms with Crippen LogP contribution in [0.15, 0.2) is 0 Å². The second-order valence-electron chi connectivity index (χ2n) is 5.38. The molecular formula is C14H27NO. The summed E-state index contributed by atoms with van der Waals surface area (Å²) < 4.78 is 0. The zero-order valence-corrected chi connectivity index (χ0v) is 10.7. The van der Waals surface area contributed by atoms with Gasteiger partial charge in [-0.25, -0.2) is 0 Å². The Labute approximate surface area is 100.0 Å². The Hall–Kier alpha value is -0.370. The van der Waals surface area contributed by atoms with E-state index >= 15 is 0 Å². The van der Waals surface area contributed by atoms with Gasteiger partial charge < -0.3 is 5.73 Å². The lowest BCUT2D eigenvalue weighted by Crippen LogP contribution is -2.15. The molecule has 2 heteroatoms. The van der Waals surface area contributed by atoms with E-state index in [2.05, 4.69) is 6.92 Å². The Morgan fingerprint density at radius 2 is 1.81 bits per heavy atom. The van der Waals surface area contributed by atoms with Gasteiger partial charge in [0.05, 0.1) is 0 Å². The van der Waals surface area contributed by atoms with Crippen molar-refractivity contribution in [2.45, 2.75) is 64.7 Å². The minimum absolute atomic E-state index is 0.382. The van der Waals surface area contributed by atoms with E-state index in [4.69, 9.17) is 5.73 Å². The van der Waals surface area contributed by atoms with Gasteiger partial charge in [-0.1, -0.05) is 32.6 Å². The van der Waals surface area contributed by atoms with Crippen LogP contribution in [0.1, 0.15) is 64.7 Å². The number of carbonyl (C=O) groups excluding carboxylic acids is 1. The van der Waals surface area contributed by atoms with Crippen LogP contribution in [-0.2, 0) is 4.79 Å². The molecule has 2 N–H and O–H groups in total. The first-order chi connectivity index (χ1) is 7.74. The fourth-order valence-electron chi connectivity index (χ4n) is 2.62. The van der Waals surface area contributed by atoms with Gasteiger partial charge in [-0.2, -0.15) is 0 Å². The van der Waals surface area contributed by atoms with Crippen LogP contribution >= 0.6 is 0 Å². The van der Waals surface area contributed by atoms with E-state index in [0.717, 1.165) is 38.6 Å². The first kappa shape index (κ1) is 13.7. The third kappa shape index (κ3) is 5.11. The van der Waals surface area contributed by atoms with E-state index in [1.165, 1.54) is 25.7 Å². The predicted octanol–water partition coefficient (Wildman–Crippen LogP) is 3.29. The van der Waals surface area contributed by atoms with E-state index in [1.807, 2.05) is 0 Å². The average molecular weight is 225 g/mol. The third-order valence-electron chi connectivity index (χ3n) is 3.85. The van der Waals surface area contributed by atoms with Crippen molar-refractivity contribution >= 4 is 5.78 Å². The summed E-state index contributed by atoms with van der Waals surface area (Å²) in [6, 6.07) is 0. The second kappa shape index (κ2) is 7.83. The summed E-state index contributed by atoms with van der Waals surface area (Å²) in [5.74, 6) is 1.51. The lowest BCUT2D eigenvalue weighted by atomic mass is 9.90. The second-order valence-corrected chi connectivity index (χ2v) is 5.38. The summed E-state index contributed by atoms with van der Waals surface area (Å²) in [7, 11) is 0. The van der Waals surface area contributed by atoms with Crippen LogP contribution in [0.3, 0.4) is 0 Å². The molecule has 16 heavy (non-hydrogen) atoms. The molecule has 0 aromatic rings. The van der Waals surface area contributed by atoms with Crippen molar-refractivity contribution in [2.24, 2.45) is 17.6 Å². The molecule has 1 fully saturated rings. The SMILES string of the molecule is CC(CCN)CCC(=O)C1CCCCCC1. The van der Waals surface area contributed by atoms with E-state index < -0.39 is 0 Å². The van der Waals surface area contributed by atoms with Gasteiger partial charge in [0.2, 0.25) is 0 Å². The highest BCUT2D eigenvalue weighted by Crippen LogP contribution is 2.25. The van der Waals surface area contributed by atoms with Crippen LogP contribution in [0.2, 0.25) is 0 Å². The minimum atomic E-state index is 0.382. The topological polar surface area (TPSA) is 43.1 Å². The van der Waals surface area contributed by atoms with Gasteiger partial charge in [0.25, 0.3) is 0 Å². The maximum atomic E-state index is 12.0.